The molecule has 2 atom stereocenters. The molecular formula is C16H34I2N4O2-2. The molecule has 24 heavy (non-hydrogen) atoms. The van der Waals surface area contributed by atoms with E-state index in [0.29, 0.717) is 0 Å². The van der Waals surface area contributed by atoms with Gasteiger partial charge in [-0.2, -0.15) is 0 Å². The summed E-state index contributed by atoms with van der Waals surface area (Å²) in [5, 5.41) is 6.07. The second-order valence-corrected chi connectivity index (χ2v) is 9.23. The van der Waals surface area contributed by atoms with Crippen LogP contribution in [0.1, 0.15) is 45.4 Å². The van der Waals surface area contributed by atoms with Gasteiger partial charge in [0.15, 0.2) is 0 Å². The molecule has 146 valence electrons. The number of Topliss-reactive ketones (excluding diaryl/α,β-unsaturated/α-hetero) is 1. The number of amides is 1. The van der Waals surface area contributed by atoms with Crippen LogP contribution >= 0.6 is 0 Å². The molecule has 0 fully saturated rings. The van der Waals surface area contributed by atoms with Crippen LogP contribution in [0.15, 0.2) is 0 Å². The second-order valence-electron chi connectivity index (χ2n) is 5.69. The normalized spacial score (nSPS) is 13.8. The van der Waals surface area contributed by atoms with Gasteiger partial charge < -0.3 is 0 Å². The molecule has 0 aromatic carbocycles. The van der Waals surface area contributed by atoms with Gasteiger partial charge in [-0.25, -0.2) is 0 Å². The number of carbonyl (C=O) groups is 2. The average Bonchev–Trinajstić information content (AvgIpc) is 2.56. The molecule has 0 heterocycles. The number of ketones is 1. The number of nitrogens with one attached hydrogen (secondary N) is 4. The first kappa shape index (κ1) is 24.5. The molecule has 0 saturated carbocycles. The van der Waals surface area contributed by atoms with Gasteiger partial charge in [0.2, 0.25) is 0 Å². The number of alkyl halides is 2. The topological polar surface area (TPSA) is 82.3 Å². The average molecular weight is 568 g/mol. The number of carbonyl (C=O) groups excluding carboxylic acids is 2. The molecule has 0 spiro atoms. The minimum atomic E-state index is -0.347. The van der Waals surface area contributed by atoms with Gasteiger partial charge in [-0.3, -0.25) is 0 Å². The van der Waals surface area contributed by atoms with Gasteiger partial charge in [-0.15, -0.1) is 0 Å². The molecule has 4 N–H and O–H groups in total. The van der Waals surface area contributed by atoms with E-state index in [2.05, 4.69) is 27.6 Å². The maximum absolute atomic E-state index is 12.5. The fraction of sp³-hybridized carbons (Fsp3) is 0.875. The third-order valence-electron chi connectivity index (χ3n) is 3.68. The van der Waals surface area contributed by atoms with E-state index in [1.165, 1.54) is 0 Å². The standard InChI is InChI=1S/C16H34I2N4O2/c1-13(23)14(9-5-7-11-19-4)21-16(24)15(22-18-3)10-6-8-12-20-17-2/h14-15,19-20,22H,5-12H2,1-4H3,(H,21,24)/q-2. The van der Waals surface area contributed by atoms with Gasteiger partial charge >= 0.3 is 169 Å². The predicted octanol–water partition coefficient (Wildman–Crippen LogP) is -5.56. The van der Waals surface area contributed by atoms with Crippen LogP contribution in [0.3, 0.4) is 0 Å². The van der Waals surface area contributed by atoms with Crippen LogP contribution in [0.2, 0.25) is 0 Å². The van der Waals surface area contributed by atoms with Crippen LogP contribution in [-0.2, 0) is 9.59 Å². The van der Waals surface area contributed by atoms with Crippen molar-refractivity contribution in [1.82, 2.24) is 17.7 Å². The molecule has 6 nitrogen and oxygen atoms in total. The Labute approximate surface area is 168 Å². The van der Waals surface area contributed by atoms with E-state index < -0.39 is 0 Å². The molecule has 8 heteroatoms. The molecule has 0 bridgehead atoms. The fourth-order valence-electron chi connectivity index (χ4n) is 2.30. The van der Waals surface area contributed by atoms with Gasteiger partial charge in [-0.05, 0) is 0 Å². The first-order chi connectivity index (χ1) is 11.6. The second kappa shape index (κ2) is 16.9. The zero-order chi connectivity index (χ0) is 18.2. The van der Waals surface area contributed by atoms with Gasteiger partial charge in [0.25, 0.3) is 0 Å². The Morgan fingerprint density at radius 2 is 1.54 bits per heavy atom. The third-order valence-corrected chi connectivity index (χ3v) is 6.36. The van der Waals surface area contributed by atoms with Crippen molar-refractivity contribution in [1.29, 1.82) is 0 Å². The van der Waals surface area contributed by atoms with Crippen molar-refractivity contribution in [2.24, 2.45) is 0 Å². The Balaban J connectivity index is 4.33. The van der Waals surface area contributed by atoms with Crippen LogP contribution in [0.25, 0.3) is 0 Å². The van der Waals surface area contributed by atoms with Crippen molar-refractivity contribution in [3.63, 3.8) is 0 Å². The Kier molecular flexibility index (Phi) is 17.3. The SMILES string of the molecule is CNCCCCC(NC(=O)C(CCCCN[I-]C)N[I-]C)C(C)=O. The molecule has 0 aliphatic carbocycles. The minimum absolute atomic E-state index is 0.0127. The first-order valence-electron chi connectivity index (χ1n) is 8.47. The van der Waals surface area contributed by atoms with Crippen LogP contribution in [-0.4, -0.2) is 53.8 Å². The first-order valence-corrected chi connectivity index (χ1v) is 14.9. The summed E-state index contributed by atoms with van der Waals surface area (Å²) in [6.07, 6.45) is 5.65. The number of rotatable bonds is 16. The van der Waals surface area contributed by atoms with Gasteiger partial charge in [0.1, 0.15) is 0 Å². The summed E-state index contributed by atoms with van der Waals surface area (Å²) < 4.78 is 6.77. The molecule has 0 radical (unpaired) electrons. The number of hydrogen-bond acceptors (Lipinski definition) is 5. The van der Waals surface area contributed by atoms with Crippen molar-refractivity contribution in [3.8, 4) is 0 Å². The predicted molar refractivity (Wildman–Crippen MR) is 91.0 cm³/mol. The summed E-state index contributed by atoms with van der Waals surface area (Å²) in [5.74, 6) is 0.0371. The summed E-state index contributed by atoms with van der Waals surface area (Å²) in [4.78, 5) is 28.7. The monoisotopic (exact) mass is 568 g/mol. The summed E-state index contributed by atoms with van der Waals surface area (Å²) in [5.41, 5.74) is 0. The van der Waals surface area contributed by atoms with E-state index in [0.717, 1.165) is 51.6 Å². The van der Waals surface area contributed by atoms with Crippen molar-refractivity contribution in [2.75, 3.05) is 30.0 Å². The number of unbranched alkanes of at least 4 members (excludes halogenated alkanes) is 2. The van der Waals surface area contributed by atoms with Gasteiger partial charge in [-0.1, -0.05) is 0 Å². The van der Waals surface area contributed by atoms with E-state index in [4.69, 9.17) is 0 Å². The van der Waals surface area contributed by atoms with Crippen molar-refractivity contribution >= 4 is 11.7 Å². The summed E-state index contributed by atoms with van der Waals surface area (Å²) >= 11 is -0.0247. The fourth-order valence-corrected chi connectivity index (χ4v) is 4.57. The van der Waals surface area contributed by atoms with Crippen molar-refractivity contribution < 1.29 is 52.5 Å². The van der Waals surface area contributed by atoms with Crippen molar-refractivity contribution in [2.45, 2.75) is 57.5 Å². The molecule has 0 aromatic rings. The van der Waals surface area contributed by atoms with E-state index in [1.54, 1.807) is 6.92 Å². The zero-order valence-corrected chi connectivity index (χ0v) is 19.7. The van der Waals surface area contributed by atoms with E-state index in [9.17, 15) is 9.59 Å². The summed E-state index contributed by atoms with van der Waals surface area (Å²) in [6.45, 7) is 3.55. The van der Waals surface area contributed by atoms with Crippen LogP contribution < -0.4 is 60.7 Å². The molecule has 0 saturated heterocycles. The van der Waals surface area contributed by atoms with E-state index in [1.807, 2.05) is 7.05 Å². The molecule has 2 unspecified atom stereocenters. The molecular weight excluding hydrogens is 534 g/mol. The Hall–Kier alpha value is 0.480. The van der Waals surface area contributed by atoms with Gasteiger partial charge in [0.05, 0.1) is 0 Å². The number of halogens is 2. The maximum atomic E-state index is 12.5. The Morgan fingerprint density at radius 1 is 0.917 bits per heavy atom. The van der Waals surface area contributed by atoms with E-state index in [-0.39, 0.29) is 66.7 Å². The Bertz CT molecular complexity index is 346. The summed E-state index contributed by atoms with van der Waals surface area (Å²) in [7, 11) is 1.92. The molecule has 0 aliphatic rings. The van der Waals surface area contributed by atoms with Crippen LogP contribution in [0, 0.1) is 0 Å². The number of hydrogen-bond donors (Lipinski definition) is 4. The van der Waals surface area contributed by atoms with Gasteiger partial charge in [0, 0.05) is 0 Å². The van der Waals surface area contributed by atoms with Crippen LogP contribution in [0.5, 0.6) is 0 Å². The molecule has 1 amide bonds. The van der Waals surface area contributed by atoms with E-state index >= 15 is 0 Å². The molecule has 0 aromatic heterocycles. The Morgan fingerprint density at radius 3 is 2.08 bits per heavy atom. The zero-order valence-electron chi connectivity index (χ0n) is 15.4. The third kappa shape index (κ3) is 12.8. The molecule has 0 aliphatic heterocycles. The van der Waals surface area contributed by atoms with Crippen molar-refractivity contribution in [3.05, 3.63) is 0 Å². The molecule has 0 rings (SSSR count). The quantitative estimate of drug-likeness (QED) is 0.0647. The van der Waals surface area contributed by atoms with Crippen LogP contribution in [0.4, 0.5) is 0 Å². The summed E-state index contributed by atoms with van der Waals surface area (Å²) in [6, 6.07) is -0.501.